The normalized spacial score (nSPS) is 12.7. The van der Waals surface area contributed by atoms with E-state index in [2.05, 4.69) is 24.0 Å². The van der Waals surface area contributed by atoms with Crippen LogP contribution in [0, 0.1) is 13.8 Å². The zero-order valence-corrected chi connectivity index (χ0v) is 10.4. The van der Waals surface area contributed by atoms with Crippen LogP contribution in [0.1, 0.15) is 36.3 Å². The average Bonchev–Trinajstić information content (AvgIpc) is 2.81. The van der Waals surface area contributed by atoms with Gasteiger partial charge < -0.3 is 10.3 Å². The van der Waals surface area contributed by atoms with E-state index >= 15 is 0 Å². The Labute approximate surface area is 101 Å². The van der Waals surface area contributed by atoms with Gasteiger partial charge in [-0.3, -0.25) is 0 Å². The Kier molecular flexibility index (Phi) is 3.24. The lowest BCUT2D eigenvalue weighted by Gasteiger charge is -2.01. The topological polar surface area (TPSA) is 64.9 Å². The predicted octanol–water partition coefficient (Wildman–Crippen LogP) is 2.76. The van der Waals surface area contributed by atoms with Crippen LogP contribution in [0.2, 0.25) is 0 Å². The highest BCUT2D eigenvalue weighted by atomic mass is 16.5. The summed E-state index contributed by atoms with van der Waals surface area (Å²) in [5, 5.41) is 3.90. The largest absolute Gasteiger partial charge is 0.334 e. The van der Waals surface area contributed by atoms with E-state index in [-0.39, 0.29) is 6.04 Å². The summed E-state index contributed by atoms with van der Waals surface area (Å²) in [6, 6.07) is 5.93. The summed E-state index contributed by atoms with van der Waals surface area (Å²) in [5.74, 6) is 1.10. The van der Waals surface area contributed by atoms with Crippen LogP contribution in [0.15, 0.2) is 22.7 Å². The first kappa shape index (κ1) is 11.8. The molecule has 4 heteroatoms. The van der Waals surface area contributed by atoms with Crippen LogP contribution in [0.5, 0.6) is 0 Å². The monoisotopic (exact) mass is 231 g/mol. The molecule has 0 aliphatic heterocycles. The number of rotatable bonds is 3. The third-order valence-electron chi connectivity index (χ3n) is 2.97. The number of nitrogens with zero attached hydrogens (tertiary/aromatic N) is 2. The molecular formula is C13H17N3O. The van der Waals surface area contributed by atoms with Gasteiger partial charge in [-0.05, 0) is 43.5 Å². The maximum Gasteiger partial charge on any atom is 0.257 e. The van der Waals surface area contributed by atoms with Crippen molar-refractivity contribution in [1.82, 2.24) is 10.1 Å². The molecule has 0 radical (unpaired) electrons. The highest BCUT2D eigenvalue weighted by Gasteiger charge is 2.13. The minimum atomic E-state index is -0.154. The fourth-order valence-corrected chi connectivity index (χ4v) is 1.56. The standard InChI is InChI=1S/C13H17N3O/c1-4-11(14)12-15-13(17-16-12)10-6-5-8(2)9(3)7-10/h5-7,11H,4,14H2,1-3H3. The van der Waals surface area contributed by atoms with Crippen molar-refractivity contribution < 1.29 is 4.52 Å². The minimum absolute atomic E-state index is 0.154. The molecule has 2 aromatic rings. The number of benzene rings is 1. The first-order chi connectivity index (χ1) is 8.11. The molecule has 2 rings (SSSR count). The third kappa shape index (κ3) is 2.36. The molecule has 1 aromatic heterocycles. The Hall–Kier alpha value is -1.68. The number of hydrogen-bond donors (Lipinski definition) is 1. The van der Waals surface area contributed by atoms with E-state index in [1.165, 1.54) is 11.1 Å². The van der Waals surface area contributed by atoms with Crippen molar-refractivity contribution >= 4 is 0 Å². The Balaban J connectivity index is 2.33. The van der Waals surface area contributed by atoms with Crippen molar-refractivity contribution in [2.45, 2.75) is 33.2 Å². The second kappa shape index (κ2) is 4.67. The van der Waals surface area contributed by atoms with Crippen LogP contribution < -0.4 is 5.73 Å². The fraction of sp³-hybridized carbons (Fsp3) is 0.385. The van der Waals surface area contributed by atoms with Gasteiger partial charge in [0.1, 0.15) is 0 Å². The summed E-state index contributed by atoms with van der Waals surface area (Å²) in [7, 11) is 0. The smallest absolute Gasteiger partial charge is 0.257 e. The molecule has 0 fully saturated rings. The van der Waals surface area contributed by atoms with Crippen molar-refractivity contribution in [3.8, 4) is 11.5 Å². The Morgan fingerprint density at radius 3 is 2.71 bits per heavy atom. The highest BCUT2D eigenvalue weighted by Crippen LogP contribution is 2.22. The minimum Gasteiger partial charge on any atom is -0.334 e. The van der Waals surface area contributed by atoms with Crippen LogP contribution in [0.3, 0.4) is 0 Å². The van der Waals surface area contributed by atoms with E-state index in [0.717, 1.165) is 12.0 Å². The molecule has 1 unspecified atom stereocenters. The summed E-state index contributed by atoms with van der Waals surface area (Å²) >= 11 is 0. The molecule has 0 aliphatic carbocycles. The van der Waals surface area contributed by atoms with Gasteiger partial charge in [-0.2, -0.15) is 4.98 Å². The van der Waals surface area contributed by atoms with Crippen molar-refractivity contribution in [3.63, 3.8) is 0 Å². The molecule has 0 amide bonds. The molecule has 1 aromatic carbocycles. The van der Waals surface area contributed by atoms with Gasteiger partial charge >= 0.3 is 0 Å². The quantitative estimate of drug-likeness (QED) is 0.882. The Morgan fingerprint density at radius 1 is 1.29 bits per heavy atom. The average molecular weight is 231 g/mol. The summed E-state index contributed by atoms with van der Waals surface area (Å²) in [5.41, 5.74) is 9.25. The van der Waals surface area contributed by atoms with E-state index in [1.54, 1.807) is 0 Å². The molecule has 0 saturated carbocycles. The van der Waals surface area contributed by atoms with Gasteiger partial charge in [0, 0.05) is 5.56 Å². The van der Waals surface area contributed by atoms with Crippen LogP contribution >= 0.6 is 0 Å². The van der Waals surface area contributed by atoms with Crippen molar-refractivity contribution in [1.29, 1.82) is 0 Å². The second-order valence-electron chi connectivity index (χ2n) is 4.27. The predicted molar refractivity (Wildman–Crippen MR) is 66.4 cm³/mol. The molecule has 0 saturated heterocycles. The Bertz CT molecular complexity index is 519. The molecule has 0 spiro atoms. The molecule has 90 valence electrons. The van der Waals surface area contributed by atoms with Crippen LogP contribution in [0.25, 0.3) is 11.5 Å². The number of aromatic nitrogens is 2. The van der Waals surface area contributed by atoms with Crippen molar-refractivity contribution in [2.24, 2.45) is 5.73 Å². The number of aryl methyl sites for hydroxylation is 2. The van der Waals surface area contributed by atoms with Gasteiger partial charge in [0.2, 0.25) is 0 Å². The first-order valence-electron chi connectivity index (χ1n) is 5.78. The molecular weight excluding hydrogens is 214 g/mol. The van der Waals surface area contributed by atoms with Crippen molar-refractivity contribution in [2.75, 3.05) is 0 Å². The number of hydrogen-bond acceptors (Lipinski definition) is 4. The van der Waals surface area contributed by atoms with E-state index in [9.17, 15) is 0 Å². The molecule has 2 N–H and O–H groups in total. The van der Waals surface area contributed by atoms with Gasteiger partial charge in [0.15, 0.2) is 5.82 Å². The van der Waals surface area contributed by atoms with Crippen LogP contribution in [-0.2, 0) is 0 Å². The third-order valence-corrected chi connectivity index (χ3v) is 2.97. The van der Waals surface area contributed by atoms with E-state index < -0.39 is 0 Å². The van der Waals surface area contributed by atoms with E-state index in [0.29, 0.717) is 11.7 Å². The van der Waals surface area contributed by atoms with Gasteiger partial charge in [-0.25, -0.2) is 0 Å². The van der Waals surface area contributed by atoms with E-state index in [1.807, 2.05) is 25.1 Å². The van der Waals surface area contributed by atoms with Gasteiger partial charge in [0.05, 0.1) is 6.04 Å². The maximum atomic E-state index is 5.85. The highest BCUT2D eigenvalue weighted by molar-refractivity contribution is 5.55. The lowest BCUT2D eigenvalue weighted by molar-refractivity contribution is 0.415. The van der Waals surface area contributed by atoms with Crippen molar-refractivity contribution in [3.05, 3.63) is 35.2 Å². The van der Waals surface area contributed by atoms with Gasteiger partial charge in [-0.15, -0.1) is 0 Å². The zero-order chi connectivity index (χ0) is 12.4. The SMILES string of the molecule is CCC(N)c1noc(-c2ccc(C)c(C)c2)n1. The number of nitrogens with two attached hydrogens (primary N) is 1. The van der Waals surface area contributed by atoms with Crippen LogP contribution in [-0.4, -0.2) is 10.1 Å². The molecule has 0 bridgehead atoms. The van der Waals surface area contributed by atoms with E-state index in [4.69, 9.17) is 10.3 Å². The molecule has 0 aliphatic rings. The second-order valence-corrected chi connectivity index (χ2v) is 4.27. The lowest BCUT2D eigenvalue weighted by atomic mass is 10.1. The molecule has 1 heterocycles. The summed E-state index contributed by atoms with van der Waals surface area (Å²) < 4.78 is 5.23. The molecule has 4 nitrogen and oxygen atoms in total. The maximum absolute atomic E-state index is 5.85. The Morgan fingerprint density at radius 2 is 2.06 bits per heavy atom. The molecule has 17 heavy (non-hydrogen) atoms. The summed E-state index contributed by atoms with van der Waals surface area (Å²) in [6.45, 7) is 6.13. The molecule has 1 atom stereocenters. The summed E-state index contributed by atoms with van der Waals surface area (Å²) in [6.07, 6.45) is 0.798. The first-order valence-corrected chi connectivity index (χ1v) is 5.78. The van der Waals surface area contributed by atoms with Crippen LogP contribution in [0.4, 0.5) is 0 Å². The summed E-state index contributed by atoms with van der Waals surface area (Å²) in [4.78, 5) is 4.32. The van der Waals surface area contributed by atoms with Gasteiger partial charge in [0.25, 0.3) is 5.89 Å². The van der Waals surface area contributed by atoms with Gasteiger partial charge in [-0.1, -0.05) is 18.1 Å². The lowest BCUT2D eigenvalue weighted by Crippen LogP contribution is -2.10. The zero-order valence-electron chi connectivity index (χ0n) is 10.4. The fourth-order valence-electron chi connectivity index (χ4n) is 1.56.